The Kier molecular flexibility index (Phi) is 6.96. The van der Waals surface area contributed by atoms with Gasteiger partial charge in [0.15, 0.2) is 0 Å². The molecule has 0 aliphatic heterocycles. The number of ether oxygens (including phenoxy) is 1. The van der Waals surface area contributed by atoms with Crippen molar-refractivity contribution in [1.82, 2.24) is 4.90 Å². The van der Waals surface area contributed by atoms with Crippen LogP contribution in [0.5, 0.6) is 0 Å². The molecule has 0 heterocycles. The predicted molar refractivity (Wildman–Crippen MR) is 82.5 cm³/mol. The molecule has 0 aromatic heterocycles. The molecule has 20 heavy (non-hydrogen) atoms. The van der Waals surface area contributed by atoms with Crippen molar-refractivity contribution >= 4 is 5.97 Å². The SMILES string of the molecule is COC(=O)C(C)(N)CCCCN(C)C1CCC(C)CC1. The Morgan fingerprint density at radius 3 is 2.45 bits per heavy atom. The standard InChI is InChI=1S/C16H32N2O2/c1-13-7-9-14(10-8-13)18(3)12-6-5-11-16(2,17)15(19)20-4/h13-14H,5-12,17H2,1-4H3. The summed E-state index contributed by atoms with van der Waals surface area (Å²) in [5.41, 5.74) is 5.12. The van der Waals surface area contributed by atoms with E-state index in [9.17, 15) is 4.79 Å². The predicted octanol–water partition coefficient (Wildman–Crippen LogP) is 2.56. The molecule has 1 aliphatic rings. The van der Waals surface area contributed by atoms with Gasteiger partial charge in [0.25, 0.3) is 0 Å². The number of nitrogens with zero attached hydrogens (tertiary/aromatic N) is 1. The fourth-order valence-corrected chi connectivity index (χ4v) is 3.05. The summed E-state index contributed by atoms with van der Waals surface area (Å²) in [4.78, 5) is 14.0. The van der Waals surface area contributed by atoms with Crippen molar-refractivity contribution in [2.24, 2.45) is 11.7 Å². The molecule has 1 aliphatic carbocycles. The van der Waals surface area contributed by atoms with E-state index < -0.39 is 5.54 Å². The average Bonchev–Trinajstić information content (AvgIpc) is 2.43. The lowest BCUT2D eigenvalue weighted by atomic mass is 9.86. The van der Waals surface area contributed by atoms with Crippen LogP contribution in [0.4, 0.5) is 0 Å². The number of hydrogen-bond acceptors (Lipinski definition) is 4. The highest BCUT2D eigenvalue weighted by Gasteiger charge is 2.28. The molecule has 4 heteroatoms. The number of rotatable bonds is 7. The van der Waals surface area contributed by atoms with Crippen molar-refractivity contribution in [2.45, 2.75) is 70.4 Å². The van der Waals surface area contributed by atoms with E-state index in [0.717, 1.165) is 31.3 Å². The summed E-state index contributed by atoms with van der Waals surface area (Å²) < 4.78 is 4.72. The van der Waals surface area contributed by atoms with Crippen molar-refractivity contribution < 1.29 is 9.53 Å². The van der Waals surface area contributed by atoms with Gasteiger partial charge in [-0.25, -0.2) is 0 Å². The van der Waals surface area contributed by atoms with E-state index in [-0.39, 0.29) is 5.97 Å². The van der Waals surface area contributed by atoms with Gasteiger partial charge in [-0.15, -0.1) is 0 Å². The fraction of sp³-hybridized carbons (Fsp3) is 0.938. The Balaban J connectivity index is 2.19. The van der Waals surface area contributed by atoms with Crippen LogP contribution in [-0.2, 0) is 9.53 Å². The second-order valence-electron chi connectivity index (χ2n) is 6.76. The maximum Gasteiger partial charge on any atom is 0.325 e. The van der Waals surface area contributed by atoms with E-state index in [2.05, 4.69) is 18.9 Å². The van der Waals surface area contributed by atoms with Crippen LogP contribution < -0.4 is 5.73 Å². The lowest BCUT2D eigenvalue weighted by molar-refractivity contribution is -0.146. The molecule has 1 atom stereocenters. The highest BCUT2D eigenvalue weighted by Crippen LogP contribution is 2.26. The molecule has 0 aromatic rings. The second kappa shape index (κ2) is 7.99. The van der Waals surface area contributed by atoms with Crippen LogP contribution in [0.15, 0.2) is 0 Å². The van der Waals surface area contributed by atoms with Gasteiger partial charge in [-0.2, -0.15) is 0 Å². The third-order valence-electron chi connectivity index (χ3n) is 4.72. The second-order valence-corrected chi connectivity index (χ2v) is 6.76. The van der Waals surface area contributed by atoms with E-state index in [1.54, 1.807) is 6.92 Å². The quantitative estimate of drug-likeness (QED) is 0.576. The normalized spacial score (nSPS) is 26.3. The molecule has 1 rings (SSSR count). The van der Waals surface area contributed by atoms with Gasteiger partial charge in [0, 0.05) is 6.04 Å². The monoisotopic (exact) mass is 284 g/mol. The molecule has 0 bridgehead atoms. The van der Waals surface area contributed by atoms with Gasteiger partial charge in [0.05, 0.1) is 7.11 Å². The average molecular weight is 284 g/mol. The topological polar surface area (TPSA) is 55.6 Å². The molecule has 2 N–H and O–H groups in total. The van der Waals surface area contributed by atoms with Gasteiger partial charge in [-0.05, 0) is 71.4 Å². The Bertz CT molecular complexity index is 297. The molecule has 1 saturated carbocycles. The summed E-state index contributed by atoms with van der Waals surface area (Å²) in [6.45, 7) is 5.20. The molecule has 0 saturated heterocycles. The van der Waals surface area contributed by atoms with Crippen LogP contribution in [0.1, 0.15) is 58.8 Å². The number of carbonyl (C=O) groups excluding carboxylic acids is 1. The zero-order chi connectivity index (χ0) is 15.2. The Morgan fingerprint density at radius 2 is 1.90 bits per heavy atom. The van der Waals surface area contributed by atoms with Gasteiger partial charge in [0.2, 0.25) is 0 Å². The van der Waals surface area contributed by atoms with Crippen LogP contribution in [0, 0.1) is 5.92 Å². The Morgan fingerprint density at radius 1 is 1.30 bits per heavy atom. The summed E-state index contributed by atoms with van der Waals surface area (Å²) in [5.74, 6) is 0.588. The maximum absolute atomic E-state index is 11.5. The smallest absolute Gasteiger partial charge is 0.325 e. The molecule has 1 fully saturated rings. The van der Waals surface area contributed by atoms with E-state index in [1.807, 2.05) is 0 Å². The van der Waals surface area contributed by atoms with Crippen LogP contribution in [-0.4, -0.2) is 43.2 Å². The van der Waals surface area contributed by atoms with Gasteiger partial charge < -0.3 is 15.4 Å². The van der Waals surface area contributed by atoms with Crippen LogP contribution >= 0.6 is 0 Å². The highest BCUT2D eigenvalue weighted by atomic mass is 16.5. The molecular weight excluding hydrogens is 252 g/mol. The van der Waals surface area contributed by atoms with E-state index in [0.29, 0.717) is 6.42 Å². The fourth-order valence-electron chi connectivity index (χ4n) is 3.05. The first kappa shape index (κ1) is 17.4. The van der Waals surface area contributed by atoms with Crippen molar-refractivity contribution in [3.8, 4) is 0 Å². The Labute approximate surface area is 124 Å². The zero-order valence-corrected chi connectivity index (χ0v) is 13.7. The summed E-state index contributed by atoms with van der Waals surface area (Å²) >= 11 is 0. The number of unbranched alkanes of at least 4 members (excludes halogenated alkanes) is 1. The van der Waals surface area contributed by atoms with Crippen molar-refractivity contribution in [3.63, 3.8) is 0 Å². The number of nitrogens with two attached hydrogens (primary N) is 1. The van der Waals surface area contributed by atoms with Gasteiger partial charge >= 0.3 is 5.97 Å². The molecule has 0 aromatic carbocycles. The van der Waals surface area contributed by atoms with Gasteiger partial charge in [-0.1, -0.05) is 6.92 Å². The van der Waals surface area contributed by atoms with Gasteiger partial charge in [0.1, 0.15) is 5.54 Å². The van der Waals surface area contributed by atoms with E-state index in [4.69, 9.17) is 10.5 Å². The molecule has 0 radical (unpaired) electrons. The van der Waals surface area contributed by atoms with Crippen molar-refractivity contribution in [1.29, 1.82) is 0 Å². The molecule has 0 spiro atoms. The number of esters is 1. The minimum Gasteiger partial charge on any atom is -0.468 e. The van der Waals surface area contributed by atoms with E-state index >= 15 is 0 Å². The number of methoxy groups -OCH3 is 1. The summed E-state index contributed by atoms with van der Waals surface area (Å²) in [6, 6.07) is 0.746. The van der Waals surface area contributed by atoms with Gasteiger partial charge in [-0.3, -0.25) is 4.79 Å². The number of carbonyl (C=O) groups is 1. The lowest BCUT2D eigenvalue weighted by Crippen LogP contribution is -2.45. The summed E-state index contributed by atoms with van der Waals surface area (Å²) in [6.07, 6.45) is 8.12. The van der Waals surface area contributed by atoms with Crippen molar-refractivity contribution in [2.75, 3.05) is 20.7 Å². The molecule has 1 unspecified atom stereocenters. The highest BCUT2D eigenvalue weighted by molar-refractivity contribution is 5.79. The van der Waals surface area contributed by atoms with Crippen molar-refractivity contribution in [3.05, 3.63) is 0 Å². The summed E-state index contributed by atoms with van der Waals surface area (Å²) in [5, 5.41) is 0. The van der Waals surface area contributed by atoms with Crippen LogP contribution in [0.25, 0.3) is 0 Å². The minimum atomic E-state index is -0.840. The first-order valence-electron chi connectivity index (χ1n) is 7.94. The summed E-state index contributed by atoms with van der Waals surface area (Å²) in [7, 11) is 3.62. The number of hydrogen-bond donors (Lipinski definition) is 1. The van der Waals surface area contributed by atoms with E-state index in [1.165, 1.54) is 32.8 Å². The first-order chi connectivity index (χ1) is 9.36. The molecule has 0 amide bonds. The third kappa shape index (κ3) is 5.41. The first-order valence-corrected chi connectivity index (χ1v) is 7.94. The zero-order valence-electron chi connectivity index (χ0n) is 13.7. The minimum absolute atomic E-state index is 0.313. The Hall–Kier alpha value is -0.610. The molecule has 4 nitrogen and oxygen atoms in total. The maximum atomic E-state index is 11.5. The third-order valence-corrected chi connectivity index (χ3v) is 4.72. The largest absolute Gasteiger partial charge is 0.468 e. The molecular formula is C16H32N2O2. The van der Waals surface area contributed by atoms with Crippen LogP contribution in [0.3, 0.4) is 0 Å². The van der Waals surface area contributed by atoms with Crippen LogP contribution in [0.2, 0.25) is 0 Å². The lowest BCUT2D eigenvalue weighted by Gasteiger charge is -2.33. The molecule has 118 valence electrons.